The lowest BCUT2D eigenvalue weighted by Gasteiger charge is -2.19. The van der Waals surface area contributed by atoms with E-state index in [1.807, 2.05) is 19.1 Å². The van der Waals surface area contributed by atoms with Crippen LogP contribution in [0.15, 0.2) is 39.5 Å². The average Bonchev–Trinajstić information content (AvgIpc) is 3.04. The molecule has 1 fully saturated rings. The van der Waals surface area contributed by atoms with E-state index in [0.717, 1.165) is 24.0 Å². The summed E-state index contributed by atoms with van der Waals surface area (Å²) in [6.07, 6.45) is 4.88. The average molecular weight is 425 g/mol. The molecule has 1 aromatic heterocycles. The maximum atomic E-state index is 13.1. The van der Waals surface area contributed by atoms with E-state index in [2.05, 4.69) is 0 Å². The summed E-state index contributed by atoms with van der Waals surface area (Å²) in [6.45, 7) is 4.70. The summed E-state index contributed by atoms with van der Waals surface area (Å²) in [5, 5.41) is 11.4. The van der Waals surface area contributed by atoms with Crippen LogP contribution in [0.2, 0.25) is 0 Å². The lowest BCUT2D eigenvalue weighted by molar-refractivity contribution is -0.913. The number of benzene rings is 2. The molecule has 0 spiro atoms. The van der Waals surface area contributed by atoms with E-state index in [4.69, 9.17) is 13.9 Å². The minimum atomic E-state index is -0.439. The predicted octanol–water partition coefficient (Wildman–Crippen LogP) is 3.45. The van der Waals surface area contributed by atoms with Gasteiger partial charge in [-0.25, -0.2) is 4.79 Å². The van der Waals surface area contributed by atoms with Gasteiger partial charge in [-0.05, 0) is 62.4 Å². The van der Waals surface area contributed by atoms with Crippen LogP contribution in [-0.4, -0.2) is 32.4 Å². The van der Waals surface area contributed by atoms with Crippen molar-refractivity contribution in [2.24, 2.45) is 0 Å². The molecule has 2 aromatic carbocycles. The summed E-state index contributed by atoms with van der Waals surface area (Å²) in [4.78, 5) is 14.6. The lowest BCUT2D eigenvalue weighted by Crippen LogP contribution is -3.10. The number of rotatable bonds is 5. The molecule has 164 valence electrons. The van der Waals surface area contributed by atoms with Gasteiger partial charge in [-0.1, -0.05) is 0 Å². The van der Waals surface area contributed by atoms with Crippen molar-refractivity contribution < 1.29 is 23.9 Å². The first-order valence-electron chi connectivity index (χ1n) is 10.9. The minimum Gasteiger partial charge on any atom is -0.507 e. The van der Waals surface area contributed by atoms with Crippen molar-refractivity contribution in [3.05, 3.63) is 51.9 Å². The maximum absolute atomic E-state index is 13.1. The quantitative estimate of drug-likeness (QED) is 0.614. The molecule has 31 heavy (non-hydrogen) atoms. The Morgan fingerprint density at radius 1 is 1.03 bits per heavy atom. The number of quaternary nitrogens is 1. The highest BCUT2D eigenvalue weighted by Crippen LogP contribution is 2.37. The third kappa shape index (κ3) is 4.12. The number of methoxy groups -OCH3 is 2. The molecule has 6 heteroatoms. The Kier molecular flexibility index (Phi) is 6.18. The van der Waals surface area contributed by atoms with Gasteiger partial charge in [0.1, 0.15) is 23.8 Å². The van der Waals surface area contributed by atoms with Crippen molar-refractivity contribution in [3.8, 4) is 28.4 Å². The maximum Gasteiger partial charge on any atom is 0.344 e. The van der Waals surface area contributed by atoms with Gasteiger partial charge >= 0.3 is 5.63 Å². The number of likely N-dealkylation sites (tertiary alicyclic amines) is 1. The second kappa shape index (κ2) is 9.02. The second-order valence-corrected chi connectivity index (χ2v) is 8.24. The van der Waals surface area contributed by atoms with Crippen molar-refractivity contribution in [1.82, 2.24) is 0 Å². The summed E-state index contributed by atoms with van der Waals surface area (Å²) < 4.78 is 16.6. The van der Waals surface area contributed by atoms with Gasteiger partial charge in [0.15, 0.2) is 5.58 Å². The van der Waals surface area contributed by atoms with Crippen molar-refractivity contribution in [1.29, 1.82) is 0 Å². The monoisotopic (exact) mass is 424 g/mol. The van der Waals surface area contributed by atoms with Gasteiger partial charge in [0.25, 0.3) is 0 Å². The minimum absolute atomic E-state index is 0.182. The Bertz CT molecular complexity index is 1140. The largest absolute Gasteiger partial charge is 0.507 e. The van der Waals surface area contributed by atoms with Crippen molar-refractivity contribution >= 4 is 11.0 Å². The normalized spacial score (nSPS) is 15.1. The van der Waals surface area contributed by atoms with E-state index in [1.165, 1.54) is 30.6 Å². The fourth-order valence-electron chi connectivity index (χ4n) is 4.60. The van der Waals surface area contributed by atoms with Crippen LogP contribution in [0.25, 0.3) is 22.1 Å². The molecule has 0 saturated carbocycles. The predicted molar refractivity (Wildman–Crippen MR) is 120 cm³/mol. The van der Waals surface area contributed by atoms with E-state index >= 15 is 0 Å². The van der Waals surface area contributed by atoms with Crippen LogP contribution in [-0.2, 0) is 6.54 Å². The Balaban J connectivity index is 1.85. The van der Waals surface area contributed by atoms with Crippen LogP contribution >= 0.6 is 0 Å². The highest BCUT2D eigenvalue weighted by Gasteiger charge is 2.23. The first-order valence-corrected chi connectivity index (χ1v) is 10.9. The van der Waals surface area contributed by atoms with E-state index in [0.29, 0.717) is 40.3 Å². The number of hydrogen-bond donors (Lipinski definition) is 2. The summed E-state index contributed by atoms with van der Waals surface area (Å²) in [5.41, 5.74) is 2.68. The Morgan fingerprint density at radius 3 is 2.45 bits per heavy atom. The number of aromatic hydroxyl groups is 1. The van der Waals surface area contributed by atoms with Crippen molar-refractivity contribution in [2.45, 2.75) is 39.2 Å². The molecule has 0 aliphatic carbocycles. The first-order chi connectivity index (χ1) is 15.0. The van der Waals surface area contributed by atoms with Crippen molar-refractivity contribution in [2.75, 3.05) is 27.3 Å². The number of phenols is 1. The van der Waals surface area contributed by atoms with Gasteiger partial charge in [0.05, 0.1) is 38.4 Å². The van der Waals surface area contributed by atoms with Gasteiger partial charge in [0.2, 0.25) is 0 Å². The van der Waals surface area contributed by atoms with Gasteiger partial charge in [-0.2, -0.15) is 0 Å². The fraction of sp³-hybridized carbons (Fsp3) is 0.400. The molecule has 0 bridgehead atoms. The fourth-order valence-corrected chi connectivity index (χ4v) is 4.60. The smallest absolute Gasteiger partial charge is 0.344 e. The third-order valence-electron chi connectivity index (χ3n) is 6.33. The molecule has 3 aromatic rings. The van der Waals surface area contributed by atoms with Gasteiger partial charge in [0, 0.05) is 17.0 Å². The zero-order valence-electron chi connectivity index (χ0n) is 18.4. The van der Waals surface area contributed by atoms with E-state index in [1.54, 1.807) is 32.4 Å². The van der Waals surface area contributed by atoms with E-state index in [-0.39, 0.29) is 5.75 Å². The Hall–Kier alpha value is -2.99. The van der Waals surface area contributed by atoms with Gasteiger partial charge < -0.3 is 23.9 Å². The number of ether oxygens (including phenoxy) is 2. The molecular formula is C25H30NO5+. The Labute approximate surface area is 182 Å². The molecule has 2 N–H and O–H groups in total. The molecule has 1 saturated heterocycles. The van der Waals surface area contributed by atoms with Crippen LogP contribution < -0.4 is 20.0 Å². The SMILES string of the molecule is COc1ccc(-c2c(C)c3ccc(O)c(C[NH+]4CCCCCC4)c3oc2=O)c(OC)c1. The van der Waals surface area contributed by atoms with Gasteiger partial charge in [-0.15, -0.1) is 0 Å². The second-order valence-electron chi connectivity index (χ2n) is 8.24. The summed E-state index contributed by atoms with van der Waals surface area (Å²) in [5.74, 6) is 1.37. The van der Waals surface area contributed by atoms with Crippen LogP contribution in [0.5, 0.6) is 17.2 Å². The number of nitrogens with one attached hydrogen (secondary N) is 1. The third-order valence-corrected chi connectivity index (χ3v) is 6.33. The van der Waals surface area contributed by atoms with Gasteiger partial charge in [-0.3, -0.25) is 0 Å². The Morgan fingerprint density at radius 2 is 1.77 bits per heavy atom. The highest BCUT2D eigenvalue weighted by molar-refractivity contribution is 5.90. The first kappa shape index (κ1) is 21.2. The van der Waals surface area contributed by atoms with Crippen LogP contribution in [0.1, 0.15) is 36.8 Å². The zero-order valence-corrected chi connectivity index (χ0v) is 18.4. The summed E-state index contributed by atoms with van der Waals surface area (Å²) >= 11 is 0. The molecule has 0 radical (unpaired) electrons. The topological polar surface area (TPSA) is 73.3 Å². The van der Waals surface area contributed by atoms with Crippen LogP contribution in [0, 0.1) is 6.92 Å². The molecular weight excluding hydrogens is 394 g/mol. The number of phenolic OH excluding ortho intramolecular Hbond substituents is 1. The zero-order chi connectivity index (χ0) is 22.0. The standard InChI is InChI=1S/C25H29NO5/c1-16-18-10-11-21(27)20(15-26-12-6-4-5-7-13-26)24(18)31-25(28)23(16)19-9-8-17(29-2)14-22(19)30-3/h8-11,14,27H,4-7,12-13,15H2,1-3H3/p+1. The summed E-state index contributed by atoms with van der Waals surface area (Å²) in [6, 6.07) is 8.89. The molecule has 1 aliphatic heterocycles. The molecule has 0 unspecified atom stereocenters. The molecule has 4 rings (SSSR count). The number of aryl methyl sites for hydroxylation is 1. The van der Waals surface area contributed by atoms with Crippen LogP contribution in [0.3, 0.4) is 0 Å². The highest BCUT2D eigenvalue weighted by atomic mass is 16.5. The lowest BCUT2D eigenvalue weighted by atomic mass is 9.97. The summed E-state index contributed by atoms with van der Waals surface area (Å²) in [7, 11) is 3.15. The number of fused-ring (bicyclic) bond motifs is 1. The number of hydrogen-bond acceptors (Lipinski definition) is 5. The molecule has 2 heterocycles. The van der Waals surface area contributed by atoms with Crippen LogP contribution in [0.4, 0.5) is 0 Å². The molecule has 6 nitrogen and oxygen atoms in total. The molecule has 1 aliphatic rings. The molecule has 0 atom stereocenters. The van der Waals surface area contributed by atoms with E-state index < -0.39 is 5.63 Å². The van der Waals surface area contributed by atoms with Crippen molar-refractivity contribution in [3.63, 3.8) is 0 Å². The molecule has 0 amide bonds. The van der Waals surface area contributed by atoms with E-state index in [9.17, 15) is 9.90 Å².